The number of hydrogen-bond donors (Lipinski definition) is 1. The maximum Gasteiger partial charge on any atom is 0.248 e. The van der Waals surface area contributed by atoms with Gasteiger partial charge in [0.15, 0.2) is 0 Å². The minimum Gasteiger partial charge on any atom is -0.495 e. The summed E-state index contributed by atoms with van der Waals surface area (Å²) in [6.45, 7) is 2.92. The van der Waals surface area contributed by atoms with Crippen LogP contribution >= 0.6 is 11.6 Å². The molecule has 1 saturated heterocycles. The second-order valence-corrected chi connectivity index (χ2v) is 9.49. The summed E-state index contributed by atoms with van der Waals surface area (Å²) in [5.74, 6) is -0.0781. The van der Waals surface area contributed by atoms with Gasteiger partial charge in [0, 0.05) is 19.2 Å². The quantitative estimate of drug-likeness (QED) is 0.661. The Kier molecular flexibility index (Phi) is 7.18. The molecular formula is C22H25ClN2O4S. The van der Waals surface area contributed by atoms with E-state index in [0.29, 0.717) is 29.4 Å². The lowest BCUT2D eigenvalue weighted by atomic mass is 10.2. The van der Waals surface area contributed by atoms with Gasteiger partial charge < -0.3 is 10.1 Å². The molecule has 0 radical (unpaired) electrons. The number of piperidine rings is 1. The van der Waals surface area contributed by atoms with Gasteiger partial charge >= 0.3 is 0 Å². The Morgan fingerprint density at radius 2 is 1.87 bits per heavy atom. The van der Waals surface area contributed by atoms with Crippen molar-refractivity contribution in [2.75, 3.05) is 25.5 Å². The molecule has 1 heterocycles. The van der Waals surface area contributed by atoms with Gasteiger partial charge in [0.1, 0.15) is 10.6 Å². The highest BCUT2D eigenvalue weighted by molar-refractivity contribution is 7.89. The van der Waals surface area contributed by atoms with Gasteiger partial charge in [-0.1, -0.05) is 30.2 Å². The summed E-state index contributed by atoms with van der Waals surface area (Å²) in [4.78, 5) is 12.4. The van der Waals surface area contributed by atoms with Crippen molar-refractivity contribution in [2.24, 2.45) is 0 Å². The largest absolute Gasteiger partial charge is 0.495 e. The Bertz CT molecular complexity index is 1060. The van der Waals surface area contributed by atoms with Crippen molar-refractivity contribution in [2.45, 2.75) is 31.1 Å². The maximum atomic E-state index is 13.1. The van der Waals surface area contributed by atoms with Gasteiger partial charge in [-0.25, -0.2) is 8.42 Å². The third kappa shape index (κ3) is 5.22. The van der Waals surface area contributed by atoms with E-state index < -0.39 is 10.0 Å². The van der Waals surface area contributed by atoms with Crippen LogP contribution in [0, 0.1) is 6.92 Å². The molecule has 30 heavy (non-hydrogen) atoms. The van der Waals surface area contributed by atoms with Crippen LogP contribution in [0.1, 0.15) is 30.4 Å². The van der Waals surface area contributed by atoms with E-state index in [-0.39, 0.29) is 16.6 Å². The highest BCUT2D eigenvalue weighted by Crippen LogP contribution is 2.30. The zero-order valence-corrected chi connectivity index (χ0v) is 18.6. The van der Waals surface area contributed by atoms with Gasteiger partial charge in [-0.2, -0.15) is 4.31 Å². The number of carbonyl (C=O) groups excluding carboxylic acids is 1. The monoisotopic (exact) mass is 448 g/mol. The molecule has 0 spiro atoms. The molecule has 0 saturated carbocycles. The zero-order valence-electron chi connectivity index (χ0n) is 17.0. The summed E-state index contributed by atoms with van der Waals surface area (Å²) in [5, 5.41) is 3.17. The molecule has 1 aliphatic rings. The summed E-state index contributed by atoms with van der Waals surface area (Å²) >= 11 is 6.14. The van der Waals surface area contributed by atoms with Crippen LogP contribution in [0.4, 0.5) is 5.69 Å². The highest BCUT2D eigenvalue weighted by Gasteiger charge is 2.29. The first-order valence-corrected chi connectivity index (χ1v) is 11.6. The lowest BCUT2D eigenvalue weighted by Crippen LogP contribution is -2.35. The minimum absolute atomic E-state index is 0.107. The number of hydrogen-bond acceptors (Lipinski definition) is 4. The molecule has 1 amide bonds. The van der Waals surface area contributed by atoms with Crippen LogP contribution in [0.2, 0.25) is 5.02 Å². The summed E-state index contributed by atoms with van der Waals surface area (Å²) < 4.78 is 33.0. The topological polar surface area (TPSA) is 75.7 Å². The average molecular weight is 449 g/mol. The third-order valence-electron chi connectivity index (χ3n) is 4.93. The van der Waals surface area contributed by atoms with Crippen LogP contribution in [0.25, 0.3) is 6.08 Å². The number of methoxy groups -OCH3 is 1. The second-order valence-electron chi connectivity index (χ2n) is 7.18. The van der Waals surface area contributed by atoms with Crippen molar-refractivity contribution < 1.29 is 17.9 Å². The van der Waals surface area contributed by atoms with Crippen LogP contribution in [-0.2, 0) is 14.8 Å². The molecule has 1 N–H and O–H groups in total. The summed E-state index contributed by atoms with van der Waals surface area (Å²) in [6.07, 6.45) is 5.64. The molecule has 1 aliphatic heterocycles. The number of rotatable bonds is 6. The average Bonchev–Trinajstić information content (AvgIpc) is 2.74. The van der Waals surface area contributed by atoms with E-state index in [0.717, 1.165) is 24.8 Å². The number of ether oxygens (including phenoxy) is 1. The van der Waals surface area contributed by atoms with Crippen LogP contribution < -0.4 is 10.1 Å². The Balaban J connectivity index is 1.81. The lowest BCUT2D eigenvalue weighted by molar-refractivity contribution is -0.111. The van der Waals surface area contributed by atoms with Crippen LogP contribution in [-0.4, -0.2) is 38.8 Å². The van der Waals surface area contributed by atoms with Gasteiger partial charge in [-0.15, -0.1) is 0 Å². The molecule has 0 aliphatic carbocycles. The predicted octanol–water partition coefficient (Wildman–Crippen LogP) is 4.48. The molecule has 0 atom stereocenters. The standard InChI is InChI=1S/C22H25ClN2O4S/c1-16-6-9-19(18(23)14-16)24-22(26)11-8-17-7-10-20(29-2)21(15-17)30(27,28)25-12-4-3-5-13-25/h6-11,14-15H,3-5,12-13H2,1-2H3,(H,24,26). The van der Waals surface area contributed by atoms with Crippen molar-refractivity contribution in [3.8, 4) is 5.75 Å². The van der Waals surface area contributed by atoms with E-state index >= 15 is 0 Å². The fraction of sp³-hybridized carbons (Fsp3) is 0.318. The molecule has 2 aromatic carbocycles. The minimum atomic E-state index is -3.67. The number of amides is 1. The van der Waals surface area contributed by atoms with Crippen LogP contribution in [0.3, 0.4) is 0 Å². The molecule has 1 fully saturated rings. The number of nitrogens with zero attached hydrogens (tertiary/aromatic N) is 1. The number of nitrogens with one attached hydrogen (secondary N) is 1. The number of anilines is 1. The second kappa shape index (κ2) is 9.64. The Morgan fingerprint density at radius 3 is 2.53 bits per heavy atom. The Morgan fingerprint density at radius 1 is 1.13 bits per heavy atom. The fourth-order valence-corrected chi connectivity index (χ4v) is 5.30. The van der Waals surface area contributed by atoms with E-state index in [1.807, 2.05) is 13.0 Å². The van der Waals surface area contributed by atoms with Gasteiger partial charge in [0.2, 0.25) is 15.9 Å². The normalized spacial score (nSPS) is 15.3. The van der Waals surface area contributed by atoms with Crippen LogP contribution in [0.5, 0.6) is 5.75 Å². The van der Waals surface area contributed by atoms with Crippen molar-refractivity contribution in [3.63, 3.8) is 0 Å². The first-order chi connectivity index (χ1) is 14.3. The van der Waals surface area contributed by atoms with E-state index in [4.69, 9.17) is 16.3 Å². The van der Waals surface area contributed by atoms with Gasteiger partial charge in [0.05, 0.1) is 17.8 Å². The molecule has 2 aromatic rings. The van der Waals surface area contributed by atoms with Crippen molar-refractivity contribution in [3.05, 3.63) is 58.6 Å². The Hall–Kier alpha value is -2.35. The van der Waals surface area contributed by atoms with Crippen molar-refractivity contribution >= 4 is 39.3 Å². The Labute approximate surface area is 182 Å². The van der Waals surface area contributed by atoms with Crippen molar-refractivity contribution in [1.82, 2.24) is 4.31 Å². The predicted molar refractivity (Wildman–Crippen MR) is 119 cm³/mol. The fourth-order valence-electron chi connectivity index (χ4n) is 3.31. The number of benzene rings is 2. The molecule has 0 unspecified atom stereocenters. The molecule has 3 rings (SSSR count). The zero-order chi connectivity index (χ0) is 21.7. The number of halogens is 1. The molecule has 6 nitrogen and oxygen atoms in total. The first-order valence-electron chi connectivity index (χ1n) is 9.74. The maximum absolute atomic E-state index is 13.1. The van der Waals surface area contributed by atoms with Gasteiger partial charge in [-0.05, 0) is 61.2 Å². The van der Waals surface area contributed by atoms with E-state index in [2.05, 4.69) is 5.32 Å². The number of aryl methyl sites for hydroxylation is 1. The van der Waals surface area contributed by atoms with Crippen LogP contribution in [0.15, 0.2) is 47.4 Å². The molecule has 160 valence electrons. The molecular weight excluding hydrogens is 424 g/mol. The van der Waals surface area contributed by atoms with Gasteiger partial charge in [-0.3, -0.25) is 4.79 Å². The molecule has 0 aromatic heterocycles. The molecule has 8 heteroatoms. The van der Waals surface area contributed by atoms with Gasteiger partial charge in [0.25, 0.3) is 0 Å². The SMILES string of the molecule is COc1ccc(C=CC(=O)Nc2ccc(C)cc2Cl)cc1S(=O)(=O)N1CCCCC1. The van der Waals surface area contributed by atoms with Crippen molar-refractivity contribution in [1.29, 1.82) is 0 Å². The summed E-state index contributed by atoms with van der Waals surface area (Å²) in [5.41, 5.74) is 2.09. The lowest BCUT2D eigenvalue weighted by Gasteiger charge is -2.26. The smallest absolute Gasteiger partial charge is 0.248 e. The van der Waals surface area contributed by atoms with E-state index in [1.54, 1.807) is 30.3 Å². The van der Waals surface area contributed by atoms with E-state index in [9.17, 15) is 13.2 Å². The number of carbonyl (C=O) groups is 1. The van der Waals surface area contributed by atoms with E-state index in [1.165, 1.54) is 23.6 Å². The molecule has 0 bridgehead atoms. The third-order valence-corrected chi connectivity index (χ3v) is 7.16. The summed E-state index contributed by atoms with van der Waals surface area (Å²) in [6, 6.07) is 10.2. The highest BCUT2D eigenvalue weighted by atomic mass is 35.5. The summed E-state index contributed by atoms with van der Waals surface area (Å²) in [7, 11) is -2.22. The first kappa shape index (κ1) is 22.3. The number of sulfonamides is 1.